The van der Waals surface area contributed by atoms with Crippen LogP contribution in [0.2, 0.25) is 0 Å². The number of likely N-dealkylation sites (tertiary alicyclic amines) is 1. The van der Waals surface area contributed by atoms with Gasteiger partial charge in [0.15, 0.2) is 0 Å². The molecular weight excluding hydrogens is 389 g/mol. The Morgan fingerprint density at radius 2 is 1.69 bits per heavy atom. The van der Waals surface area contributed by atoms with Crippen molar-refractivity contribution < 1.29 is 32.3 Å². The lowest BCUT2D eigenvalue weighted by atomic mass is 9.81. The first kappa shape index (κ1) is 21.1. The van der Waals surface area contributed by atoms with Crippen LogP contribution in [0.4, 0.5) is 13.2 Å². The molecule has 1 aromatic rings. The number of hydrogen-bond acceptors (Lipinski definition) is 4. The Bertz CT molecular complexity index is 755. The van der Waals surface area contributed by atoms with E-state index in [1.807, 2.05) is 0 Å². The Labute approximate surface area is 166 Å². The lowest BCUT2D eigenvalue weighted by Gasteiger charge is -2.19. The molecule has 6 nitrogen and oxygen atoms in total. The zero-order valence-corrected chi connectivity index (χ0v) is 16.0. The number of amides is 3. The van der Waals surface area contributed by atoms with Crippen molar-refractivity contribution in [1.82, 2.24) is 10.2 Å². The number of rotatable bonds is 6. The fraction of sp³-hybridized carbons (Fsp3) is 0.550. The summed E-state index contributed by atoms with van der Waals surface area (Å²) in [6.07, 6.45) is -1.44. The van der Waals surface area contributed by atoms with Gasteiger partial charge >= 0.3 is 6.36 Å². The van der Waals surface area contributed by atoms with Crippen molar-refractivity contribution in [2.24, 2.45) is 11.8 Å². The van der Waals surface area contributed by atoms with Crippen LogP contribution in [0.25, 0.3) is 0 Å². The molecule has 3 atom stereocenters. The number of alkyl halides is 3. The van der Waals surface area contributed by atoms with Gasteiger partial charge in [-0.15, -0.1) is 13.2 Å². The second kappa shape index (κ2) is 8.42. The van der Waals surface area contributed by atoms with Gasteiger partial charge in [-0.3, -0.25) is 19.3 Å². The average molecular weight is 412 g/mol. The number of nitrogens with one attached hydrogen (secondary N) is 1. The Morgan fingerprint density at radius 1 is 1.14 bits per heavy atom. The third kappa shape index (κ3) is 5.07. The van der Waals surface area contributed by atoms with Crippen molar-refractivity contribution in [1.29, 1.82) is 0 Å². The number of carbonyl (C=O) groups excluding carboxylic acids is 3. The molecule has 1 saturated carbocycles. The van der Waals surface area contributed by atoms with Crippen LogP contribution in [0.5, 0.6) is 5.75 Å². The van der Waals surface area contributed by atoms with Crippen molar-refractivity contribution in [3.63, 3.8) is 0 Å². The van der Waals surface area contributed by atoms with E-state index in [0.29, 0.717) is 5.56 Å². The summed E-state index contributed by atoms with van der Waals surface area (Å²) in [4.78, 5) is 38.3. The van der Waals surface area contributed by atoms with E-state index in [9.17, 15) is 27.6 Å². The minimum atomic E-state index is -4.76. The third-order valence-corrected chi connectivity index (χ3v) is 5.49. The van der Waals surface area contributed by atoms with Crippen molar-refractivity contribution in [3.8, 4) is 5.75 Å². The van der Waals surface area contributed by atoms with Crippen LogP contribution in [-0.4, -0.2) is 35.5 Å². The maximum atomic E-state index is 12.4. The van der Waals surface area contributed by atoms with E-state index in [4.69, 9.17) is 0 Å². The van der Waals surface area contributed by atoms with Gasteiger partial charge in [0, 0.05) is 13.0 Å². The molecule has 0 aromatic heterocycles. The van der Waals surface area contributed by atoms with Gasteiger partial charge in [0.2, 0.25) is 17.7 Å². The number of hydrogen-bond donors (Lipinski definition) is 1. The highest BCUT2D eigenvalue weighted by Gasteiger charge is 2.47. The van der Waals surface area contributed by atoms with Crippen LogP contribution >= 0.6 is 0 Å². The normalized spacial score (nSPS) is 23.0. The molecule has 1 aliphatic heterocycles. The van der Waals surface area contributed by atoms with Crippen molar-refractivity contribution >= 4 is 17.7 Å². The van der Waals surface area contributed by atoms with Crippen LogP contribution in [0.3, 0.4) is 0 Å². The number of imide groups is 1. The maximum Gasteiger partial charge on any atom is 0.573 e. The first-order chi connectivity index (χ1) is 13.7. The minimum Gasteiger partial charge on any atom is -0.406 e. The zero-order valence-electron chi connectivity index (χ0n) is 16.0. The second-order valence-corrected chi connectivity index (χ2v) is 7.48. The maximum absolute atomic E-state index is 12.4. The van der Waals surface area contributed by atoms with Gasteiger partial charge in [-0.05, 0) is 37.5 Å². The summed E-state index contributed by atoms with van der Waals surface area (Å²) < 4.78 is 40.4. The van der Waals surface area contributed by atoms with Crippen molar-refractivity contribution in [3.05, 3.63) is 29.8 Å². The second-order valence-electron chi connectivity index (χ2n) is 7.48. The standard InChI is InChI=1S/C20H23F3N2O4/c1-12(13-6-8-14(9-7-13)29-20(21,22)23)24-17(26)10-11-25-18(27)15-4-2-3-5-16(15)19(25)28/h6-9,12,15-16H,2-5,10-11H2,1H3,(H,24,26). The number of halogens is 3. The van der Waals surface area contributed by atoms with Gasteiger partial charge in [0.05, 0.1) is 17.9 Å². The predicted octanol–water partition coefficient (Wildman–Crippen LogP) is 3.33. The summed E-state index contributed by atoms with van der Waals surface area (Å²) in [6.45, 7) is 1.74. The van der Waals surface area contributed by atoms with Gasteiger partial charge in [-0.1, -0.05) is 25.0 Å². The Morgan fingerprint density at radius 3 is 2.21 bits per heavy atom. The van der Waals surface area contributed by atoms with E-state index in [0.717, 1.165) is 25.7 Å². The lowest BCUT2D eigenvalue weighted by molar-refractivity contribution is -0.274. The molecule has 3 unspecified atom stereocenters. The molecule has 1 saturated heterocycles. The van der Waals surface area contributed by atoms with E-state index < -0.39 is 12.4 Å². The highest BCUT2D eigenvalue weighted by molar-refractivity contribution is 6.05. The van der Waals surface area contributed by atoms with E-state index in [-0.39, 0.29) is 48.3 Å². The van der Waals surface area contributed by atoms with Gasteiger partial charge < -0.3 is 10.1 Å². The Kier molecular flexibility index (Phi) is 6.14. The number of fused-ring (bicyclic) bond motifs is 1. The molecule has 1 N–H and O–H groups in total. The van der Waals surface area contributed by atoms with E-state index in [2.05, 4.69) is 10.1 Å². The van der Waals surface area contributed by atoms with Crippen LogP contribution in [0, 0.1) is 11.8 Å². The molecule has 2 aliphatic rings. The molecule has 158 valence electrons. The lowest BCUT2D eigenvalue weighted by Crippen LogP contribution is -2.36. The van der Waals surface area contributed by atoms with Crippen LogP contribution in [0.1, 0.15) is 50.6 Å². The molecule has 2 fully saturated rings. The smallest absolute Gasteiger partial charge is 0.406 e. The number of ether oxygens (including phenoxy) is 1. The van der Waals surface area contributed by atoms with Crippen LogP contribution in [-0.2, 0) is 14.4 Å². The van der Waals surface area contributed by atoms with E-state index in [1.165, 1.54) is 29.2 Å². The summed E-state index contributed by atoms with van der Waals surface area (Å²) >= 11 is 0. The predicted molar refractivity (Wildman–Crippen MR) is 96.5 cm³/mol. The third-order valence-electron chi connectivity index (χ3n) is 5.49. The summed E-state index contributed by atoms with van der Waals surface area (Å²) in [7, 11) is 0. The fourth-order valence-electron chi connectivity index (χ4n) is 4.02. The first-order valence-electron chi connectivity index (χ1n) is 9.66. The topological polar surface area (TPSA) is 75.7 Å². The number of benzene rings is 1. The molecule has 1 aliphatic carbocycles. The van der Waals surface area contributed by atoms with E-state index in [1.54, 1.807) is 6.92 Å². The quantitative estimate of drug-likeness (QED) is 0.728. The molecule has 0 radical (unpaired) electrons. The Balaban J connectivity index is 1.50. The molecule has 0 bridgehead atoms. The molecule has 0 spiro atoms. The number of nitrogens with zero attached hydrogens (tertiary/aromatic N) is 1. The van der Waals surface area contributed by atoms with E-state index >= 15 is 0 Å². The van der Waals surface area contributed by atoms with Gasteiger partial charge in [-0.2, -0.15) is 0 Å². The van der Waals surface area contributed by atoms with Crippen LogP contribution in [0.15, 0.2) is 24.3 Å². The SMILES string of the molecule is CC(NC(=O)CCN1C(=O)C2CCCCC2C1=O)c1ccc(OC(F)(F)F)cc1. The number of carbonyl (C=O) groups is 3. The van der Waals surface area contributed by atoms with Crippen LogP contribution < -0.4 is 10.1 Å². The largest absolute Gasteiger partial charge is 0.573 e. The summed E-state index contributed by atoms with van der Waals surface area (Å²) in [6, 6.07) is 4.77. The molecule has 3 rings (SSSR count). The highest BCUT2D eigenvalue weighted by atomic mass is 19.4. The van der Waals surface area contributed by atoms with Gasteiger partial charge in [-0.25, -0.2) is 0 Å². The van der Waals surface area contributed by atoms with Gasteiger partial charge in [0.25, 0.3) is 0 Å². The zero-order chi connectivity index (χ0) is 21.2. The molecule has 1 aromatic carbocycles. The fourth-order valence-corrected chi connectivity index (χ4v) is 4.02. The summed E-state index contributed by atoms with van der Waals surface area (Å²) in [5.74, 6) is -1.52. The first-order valence-corrected chi connectivity index (χ1v) is 9.66. The van der Waals surface area contributed by atoms with Crippen molar-refractivity contribution in [2.45, 2.75) is 51.4 Å². The van der Waals surface area contributed by atoms with Crippen molar-refractivity contribution in [2.75, 3.05) is 6.54 Å². The monoisotopic (exact) mass is 412 g/mol. The minimum absolute atomic E-state index is 0.0173. The molecular formula is C20H23F3N2O4. The Hall–Kier alpha value is -2.58. The summed E-state index contributed by atoms with van der Waals surface area (Å²) in [5.41, 5.74) is 0.604. The molecule has 3 amide bonds. The molecule has 9 heteroatoms. The van der Waals surface area contributed by atoms with Gasteiger partial charge in [0.1, 0.15) is 5.75 Å². The highest BCUT2D eigenvalue weighted by Crippen LogP contribution is 2.38. The average Bonchev–Trinajstić information content (AvgIpc) is 2.90. The molecule has 1 heterocycles. The molecule has 29 heavy (non-hydrogen) atoms. The summed E-state index contributed by atoms with van der Waals surface area (Å²) in [5, 5.41) is 2.73.